The van der Waals surface area contributed by atoms with Gasteiger partial charge in [0, 0.05) is 24.3 Å². The molecule has 0 bridgehead atoms. The van der Waals surface area contributed by atoms with Gasteiger partial charge in [0.05, 0.1) is 48.2 Å². The highest BCUT2D eigenvalue weighted by molar-refractivity contribution is 6.33. The monoisotopic (exact) mass is 519 g/mol. The molecule has 0 aliphatic carbocycles. The minimum atomic E-state index is -0.489. The van der Waals surface area contributed by atoms with Gasteiger partial charge in [0.2, 0.25) is 5.95 Å². The maximum atomic E-state index is 14.2. The molecule has 2 aromatic carbocycles. The highest BCUT2D eigenvalue weighted by Crippen LogP contribution is 2.32. The minimum Gasteiger partial charge on any atom is -0.508 e. The number of hydrazone groups is 1. The van der Waals surface area contributed by atoms with Gasteiger partial charge in [-0.1, -0.05) is 29.8 Å². The van der Waals surface area contributed by atoms with Crippen molar-refractivity contribution in [3.63, 3.8) is 0 Å². The van der Waals surface area contributed by atoms with Crippen LogP contribution in [-0.2, 0) is 4.74 Å². The van der Waals surface area contributed by atoms with E-state index in [2.05, 4.69) is 30.8 Å². The Morgan fingerprint density at radius 1 is 1.03 bits per heavy atom. The molecule has 1 saturated heterocycles. The van der Waals surface area contributed by atoms with Crippen LogP contribution < -0.4 is 15.6 Å². The van der Waals surface area contributed by atoms with Crippen molar-refractivity contribution in [2.75, 3.05) is 41.9 Å². The summed E-state index contributed by atoms with van der Waals surface area (Å²) in [4.78, 5) is 14.4. The predicted octanol–water partition coefficient (Wildman–Crippen LogP) is 5.06. The Labute approximate surface area is 217 Å². The number of ether oxygens (including phenoxy) is 1. The molecule has 0 amide bonds. The van der Waals surface area contributed by atoms with Crippen LogP contribution in [0.3, 0.4) is 0 Å². The molecule has 0 spiro atoms. The van der Waals surface area contributed by atoms with Gasteiger partial charge < -0.3 is 20.1 Å². The number of hydrogen-bond acceptors (Lipinski definition) is 9. The molecule has 5 rings (SSSR count). The molecule has 1 aliphatic rings. The first-order chi connectivity index (χ1) is 18.0. The summed E-state index contributed by atoms with van der Waals surface area (Å²) in [5.74, 6) is 0.100. The number of aromatic nitrogens is 3. The van der Waals surface area contributed by atoms with Gasteiger partial charge in [-0.05, 0) is 42.0 Å². The first kappa shape index (κ1) is 24.4. The Morgan fingerprint density at radius 3 is 2.62 bits per heavy atom. The summed E-state index contributed by atoms with van der Waals surface area (Å²) in [5.41, 5.74) is 6.54. The molecule has 4 aromatic rings. The van der Waals surface area contributed by atoms with E-state index < -0.39 is 5.82 Å². The van der Waals surface area contributed by atoms with E-state index in [9.17, 15) is 9.50 Å². The molecule has 3 N–H and O–H groups in total. The predicted molar refractivity (Wildman–Crippen MR) is 142 cm³/mol. The Morgan fingerprint density at radius 2 is 1.86 bits per heavy atom. The number of nitrogens with one attached hydrogen (secondary N) is 2. The number of benzene rings is 2. The van der Waals surface area contributed by atoms with E-state index in [1.807, 2.05) is 35.2 Å². The van der Waals surface area contributed by atoms with Crippen molar-refractivity contribution in [3.8, 4) is 16.9 Å². The van der Waals surface area contributed by atoms with E-state index in [4.69, 9.17) is 16.3 Å². The van der Waals surface area contributed by atoms with E-state index in [0.29, 0.717) is 37.0 Å². The van der Waals surface area contributed by atoms with E-state index in [1.54, 1.807) is 30.5 Å². The van der Waals surface area contributed by atoms with Crippen molar-refractivity contribution in [3.05, 3.63) is 83.5 Å². The molecular formula is C26H23ClFN7O2. The fraction of sp³-hybridized carbons (Fsp3) is 0.154. The molecule has 37 heavy (non-hydrogen) atoms. The van der Waals surface area contributed by atoms with E-state index >= 15 is 0 Å². The van der Waals surface area contributed by atoms with Crippen LogP contribution in [-0.4, -0.2) is 52.6 Å². The second-order valence-electron chi connectivity index (χ2n) is 8.18. The summed E-state index contributed by atoms with van der Waals surface area (Å²) >= 11 is 6.48. The highest BCUT2D eigenvalue weighted by Gasteiger charge is 2.17. The Hall–Kier alpha value is -4.28. The zero-order valence-corrected chi connectivity index (χ0v) is 20.4. The number of halogens is 2. The third-order valence-corrected chi connectivity index (χ3v) is 5.91. The van der Waals surface area contributed by atoms with E-state index in [0.717, 1.165) is 28.7 Å². The Bertz CT molecular complexity index is 1410. The van der Waals surface area contributed by atoms with Crippen LogP contribution in [0.15, 0.2) is 72.1 Å². The quantitative estimate of drug-likeness (QED) is 0.230. The van der Waals surface area contributed by atoms with Gasteiger partial charge in [-0.2, -0.15) is 10.1 Å². The number of nitrogens with zero attached hydrogens (tertiary/aromatic N) is 5. The van der Waals surface area contributed by atoms with Crippen molar-refractivity contribution in [1.29, 1.82) is 0 Å². The van der Waals surface area contributed by atoms with Crippen LogP contribution in [0.5, 0.6) is 5.75 Å². The number of rotatable bonds is 7. The number of phenolic OH excluding ortho intramolecular Hbond substituents is 1. The molecule has 2 aromatic heterocycles. The van der Waals surface area contributed by atoms with Crippen LogP contribution in [0, 0.1) is 5.82 Å². The highest BCUT2D eigenvalue weighted by atomic mass is 35.5. The van der Waals surface area contributed by atoms with E-state index in [1.165, 1.54) is 6.21 Å². The van der Waals surface area contributed by atoms with Crippen molar-refractivity contribution >= 4 is 41.0 Å². The Balaban J connectivity index is 1.20. The Kier molecular flexibility index (Phi) is 7.38. The minimum absolute atomic E-state index is 0.184. The summed E-state index contributed by atoms with van der Waals surface area (Å²) < 4.78 is 19.5. The van der Waals surface area contributed by atoms with Gasteiger partial charge in [-0.15, -0.1) is 0 Å². The third-order valence-electron chi connectivity index (χ3n) is 5.60. The summed E-state index contributed by atoms with van der Waals surface area (Å²) in [6.45, 7) is 2.18. The number of morpholine rings is 1. The number of pyridine rings is 1. The number of phenols is 1. The van der Waals surface area contributed by atoms with Crippen LogP contribution >= 0.6 is 11.6 Å². The maximum absolute atomic E-state index is 14.2. The largest absolute Gasteiger partial charge is 0.508 e. The van der Waals surface area contributed by atoms with Gasteiger partial charge in [0.15, 0.2) is 11.6 Å². The molecule has 1 fully saturated rings. The van der Waals surface area contributed by atoms with Crippen molar-refractivity contribution < 1.29 is 14.2 Å². The molecule has 1 aliphatic heterocycles. The van der Waals surface area contributed by atoms with Gasteiger partial charge in [0.1, 0.15) is 5.75 Å². The fourth-order valence-electron chi connectivity index (χ4n) is 3.79. The molecule has 0 radical (unpaired) electrons. The number of aromatic hydroxyl groups is 1. The lowest BCUT2D eigenvalue weighted by atomic mass is 10.0. The lowest BCUT2D eigenvalue weighted by Gasteiger charge is -2.27. The first-order valence-corrected chi connectivity index (χ1v) is 11.9. The van der Waals surface area contributed by atoms with Crippen molar-refractivity contribution in [1.82, 2.24) is 15.0 Å². The summed E-state index contributed by atoms with van der Waals surface area (Å²) in [5, 5.41) is 17.6. The number of hydrogen-bond donors (Lipinski definition) is 3. The van der Waals surface area contributed by atoms with Gasteiger partial charge >= 0.3 is 0 Å². The van der Waals surface area contributed by atoms with Crippen LogP contribution in [0.4, 0.5) is 27.5 Å². The van der Waals surface area contributed by atoms with Gasteiger partial charge in [-0.25, -0.2) is 14.8 Å². The lowest BCUT2D eigenvalue weighted by molar-refractivity contribution is 0.122. The van der Waals surface area contributed by atoms with Crippen molar-refractivity contribution in [2.45, 2.75) is 0 Å². The number of anilines is 4. The first-order valence-electron chi connectivity index (χ1n) is 11.5. The summed E-state index contributed by atoms with van der Waals surface area (Å²) in [7, 11) is 0. The molecule has 11 heteroatoms. The molecule has 0 atom stereocenters. The van der Waals surface area contributed by atoms with Gasteiger partial charge in [0.25, 0.3) is 0 Å². The van der Waals surface area contributed by atoms with Gasteiger partial charge in [-0.3, -0.25) is 4.98 Å². The maximum Gasteiger partial charge on any atom is 0.245 e. The lowest BCUT2D eigenvalue weighted by Crippen LogP contribution is -2.37. The zero-order valence-electron chi connectivity index (χ0n) is 19.6. The molecule has 188 valence electrons. The molecule has 0 unspecified atom stereocenters. The third kappa shape index (κ3) is 6.11. The summed E-state index contributed by atoms with van der Waals surface area (Å²) in [6.07, 6.45) is 4.31. The second kappa shape index (κ2) is 11.2. The van der Waals surface area contributed by atoms with E-state index in [-0.39, 0.29) is 17.5 Å². The van der Waals surface area contributed by atoms with Crippen LogP contribution in [0.1, 0.15) is 5.69 Å². The second-order valence-corrected chi connectivity index (χ2v) is 8.58. The smallest absolute Gasteiger partial charge is 0.245 e. The summed E-state index contributed by atoms with van der Waals surface area (Å²) in [6, 6.07) is 16.2. The molecular weight excluding hydrogens is 497 g/mol. The SMILES string of the molecule is Oc1cccc(-c2ccc(Nc3ccc(/C=N/Nc4ncc(F)c(N5CCOCC5)n4)nc3)cc2Cl)c1. The topological polar surface area (TPSA) is 108 Å². The van der Waals surface area contributed by atoms with Crippen LogP contribution in [0.25, 0.3) is 11.1 Å². The molecule has 9 nitrogen and oxygen atoms in total. The molecule has 3 heterocycles. The zero-order chi connectivity index (χ0) is 25.6. The molecule has 0 saturated carbocycles. The van der Waals surface area contributed by atoms with Crippen molar-refractivity contribution in [2.24, 2.45) is 5.10 Å². The average Bonchev–Trinajstić information content (AvgIpc) is 2.91. The van der Waals surface area contributed by atoms with Crippen LogP contribution in [0.2, 0.25) is 5.02 Å². The normalized spacial score (nSPS) is 13.6. The standard InChI is InChI=1S/C26H23ClFN7O2/c27-23-13-18(6-7-22(23)17-2-1-3-21(36)12-17)32-20-5-4-19(29-14-20)15-31-34-26-30-16-24(28)25(33-26)35-8-10-37-11-9-35/h1-7,12-16,32,36H,8-11H2,(H,30,33,34)/b31-15+. The fourth-order valence-corrected chi connectivity index (χ4v) is 4.08. The average molecular weight is 520 g/mol.